The Morgan fingerprint density at radius 2 is 1.72 bits per heavy atom. The van der Waals surface area contributed by atoms with E-state index >= 15 is 0 Å². The molecule has 1 atom stereocenters. The highest BCUT2D eigenvalue weighted by atomic mass is 35.5. The fourth-order valence-corrected chi connectivity index (χ4v) is 4.55. The summed E-state index contributed by atoms with van der Waals surface area (Å²) in [5.41, 5.74) is 5.04. The van der Waals surface area contributed by atoms with Gasteiger partial charge >= 0.3 is 5.97 Å². The zero-order valence-electron chi connectivity index (χ0n) is 20.8. The number of hydrogen-bond donors (Lipinski definition) is 2. The van der Waals surface area contributed by atoms with Crippen molar-refractivity contribution < 1.29 is 14.7 Å². The summed E-state index contributed by atoms with van der Waals surface area (Å²) in [7, 11) is 0. The van der Waals surface area contributed by atoms with E-state index < -0.39 is 11.4 Å². The van der Waals surface area contributed by atoms with Gasteiger partial charge in [-0.05, 0) is 43.4 Å². The largest absolute Gasteiger partial charge is 0.481 e. The number of halogens is 1. The molecule has 1 amide bonds. The number of nitrogens with zero attached hydrogens (tertiary/aromatic N) is 1. The Balaban J connectivity index is 0.00000512. The number of aryl methyl sites for hydroxylation is 2. The lowest BCUT2D eigenvalue weighted by molar-refractivity contribution is -0.137. The third kappa shape index (κ3) is 7.40. The first kappa shape index (κ1) is 28.3. The lowest BCUT2D eigenvalue weighted by Gasteiger charge is -2.26. The molecule has 1 aromatic carbocycles. The van der Waals surface area contributed by atoms with E-state index in [-0.39, 0.29) is 30.7 Å². The van der Waals surface area contributed by atoms with Gasteiger partial charge in [-0.15, -0.1) is 12.4 Å². The molecule has 0 aromatic heterocycles. The summed E-state index contributed by atoms with van der Waals surface area (Å²) in [5.74, 6) is -0.547. The van der Waals surface area contributed by atoms with Crippen LogP contribution in [-0.2, 0) is 9.59 Å². The van der Waals surface area contributed by atoms with Crippen LogP contribution in [0.4, 0.5) is 11.4 Å². The third-order valence-corrected chi connectivity index (χ3v) is 6.32. The Labute approximate surface area is 200 Å². The smallest absolute Gasteiger partial charge is 0.303 e. The molecule has 32 heavy (non-hydrogen) atoms. The van der Waals surface area contributed by atoms with Crippen molar-refractivity contribution >= 4 is 35.7 Å². The van der Waals surface area contributed by atoms with E-state index in [1.54, 1.807) is 0 Å². The number of amides is 1. The molecule has 0 radical (unpaired) electrons. The molecule has 0 fully saturated rings. The molecule has 5 nitrogen and oxygen atoms in total. The quantitative estimate of drug-likeness (QED) is 0.350. The van der Waals surface area contributed by atoms with Crippen molar-refractivity contribution in [3.05, 3.63) is 22.8 Å². The second-order valence-corrected chi connectivity index (χ2v) is 10.2. The number of carbonyl (C=O) groups excluding carboxylic acids is 1. The first-order valence-corrected chi connectivity index (χ1v) is 12.0. The molecule has 1 aliphatic heterocycles. The predicted octanol–water partition coefficient (Wildman–Crippen LogP) is 6.84. The van der Waals surface area contributed by atoms with E-state index in [2.05, 4.69) is 37.1 Å². The average molecular weight is 467 g/mol. The number of carboxylic acid groups (broad SMARTS) is 1. The molecular formula is C26H43ClN2O3. The van der Waals surface area contributed by atoms with Crippen molar-refractivity contribution in [2.45, 2.75) is 98.8 Å². The summed E-state index contributed by atoms with van der Waals surface area (Å²) in [6.07, 6.45) is 8.23. The second-order valence-electron chi connectivity index (χ2n) is 10.2. The molecule has 0 saturated heterocycles. The molecule has 182 valence electrons. The number of rotatable bonds is 11. The molecule has 2 rings (SSSR count). The summed E-state index contributed by atoms with van der Waals surface area (Å²) in [6.45, 7) is 14.0. The van der Waals surface area contributed by atoms with E-state index in [1.165, 1.54) is 43.2 Å². The number of anilines is 2. The summed E-state index contributed by atoms with van der Waals surface area (Å²) in [4.78, 5) is 26.5. The van der Waals surface area contributed by atoms with Crippen LogP contribution < -0.4 is 10.2 Å². The van der Waals surface area contributed by atoms with Gasteiger partial charge in [0.15, 0.2) is 0 Å². The number of carboxylic acids is 1. The van der Waals surface area contributed by atoms with E-state index in [4.69, 9.17) is 0 Å². The van der Waals surface area contributed by atoms with E-state index in [0.717, 1.165) is 36.4 Å². The maximum Gasteiger partial charge on any atom is 0.303 e. The fraction of sp³-hybridized carbons (Fsp3) is 0.692. The van der Waals surface area contributed by atoms with Crippen molar-refractivity contribution in [3.63, 3.8) is 0 Å². The second kappa shape index (κ2) is 12.5. The molecule has 1 heterocycles. The van der Waals surface area contributed by atoms with Crippen LogP contribution in [0.3, 0.4) is 0 Å². The van der Waals surface area contributed by atoms with Gasteiger partial charge < -0.3 is 15.3 Å². The van der Waals surface area contributed by atoms with Gasteiger partial charge in [-0.25, -0.2) is 0 Å². The molecule has 0 saturated carbocycles. The summed E-state index contributed by atoms with van der Waals surface area (Å²) in [6, 6.07) is 2.14. The normalized spacial score (nSPS) is 15.3. The molecule has 1 unspecified atom stereocenters. The maximum absolute atomic E-state index is 12.8. The summed E-state index contributed by atoms with van der Waals surface area (Å²) < 4.78 is 0. The van der Waals surface area contributed by atoms with E-state index in [0.29, 0.717) is 6.42 Å². The van der Waals surface area contributed by atoms with Crippen molar-refractivity contribution in [2.75, 3.05) is 23.3 Å². The van der Waals surface area contributed by atoms with Crippen LogP contribution in [0.25, 0.3) is 0 Å². The molecular weight excluding hydrogens is 424 g/mol. The van der Waals surface area contributed by atoms with E-state index in [9.17, 15) is 14.7 Å². The van der Waals surface area contributed by atoms with Crippen molar-refractivity contribution in [1.82, 2.24) is 0 Å². The van der Waals surface area contributed by atoms with Crippen LogP contribution in [-0.4, -0.2) is 30.1 Å². The Morgan fingerprint density at radius 1 is 1.09 bits per heavy atom. The number of carbonyl (C=O) groups is 2. The molecule has 6 heteroatoms. The maximum atomic E-state index is 12.8. The molecule has 0 bridgehead atoms. The van der Waals surface area contributed by atoms with Crippen molar-refractivity contribution in [1.29, 1.82) is 0 Å². The van der Waals surface area contributed by atoms with Gasteiger partial charge in [-0.2, -0.15) is 0 Å². The van der Waals surface area contributed by atoms with Crippen molar-refractivity contribution in [2.24, 2.45) is 5.41 Å². The summed E-state index contributed by atoms with van der Waals surface area (Å²) >= 11 is 0. The number of hydrogen-bond acceptors (Lipinski definition) is 3. The third-order valence-electron chi connectivity index (χ3n) is 6.32. The van der Waals surface area contributed by atoms with Crippen LogP contribution in [0.1, 0.15) is 102 Å². The highest BCUT2D eigenvalue weighted by Gasteiger charge is 2.34. The van der Waals surface area contributed by atoms with Gasteiger partial charge in [0.1, 0.15) is 0 Å². The minimum absolute atomic E-state index is 0. The molecule has 1 aromatic rings. The molecule has 0 spiro atoms. The zero-order valence-corrected chi connectivity index (χ0v) is 21.7. The number of aliphatic carboxylic acids is 1. The predicted molar refractivity (Wildman–Crippen MR) is 136 cm³/mol. The van der Waals surface area contributed by atoms with Crippen LogP contribution in [0.15, 0.2) is 6.07 Å². The van der Waals surface area contributed by atoms with Crippen LogP contribution in [0.5, 0.6) is 0 Å². The van der Waals surface area contributed by atoms with Crippen molar-refractivity contribution in [3.8, 4) is 0 Å². The Kier molecular flexibility index (Phi) is 11.0. The van der Waals surface area contributed by atoms with Crippen LogP contribution >= 0.6 is 12.4 Å². The Hall–Kier alpha value is -1.75. The minimum atomic E-state index is -0.748. The van der Waals surface area contributed by atoms with Crippen LogP contribution in [0, 0.1) is 19.3 Å². The minimum Gasteiger partial charge on any atom is -0.481 e. The van der Waals surface area contributed by atoms with Gasteiger partial charge in [0.25, 0.3) is 0 Å². The Bertz CT molecular complexity index is 786. The van der Waals surface area contributed by atoms with Gasteiger partial charge in [-0.1, -0.05) is 65.9 Å². The highest BCUT2D eigenvalue weighted by molar-refractivity contribution is 5.99. The van der Waals surface area contributed by atoms with Gasteiger partial charge in [0.05, 0.1) is 11.4 Å². The van der Waals surface area contributed by atoms with E-state index in [1.807, 2.05) is 20.8 Å². The lowest BCUT2D eigenvalue weighted by Crippen LogP contribution is -2.30. The van der Waals surface area contributed by atoms with Gasteiger partial charge in [0, 0.05) is 30.8 Å². The SMILES string of the molecule is CCCCCCCCN1CC(CCC(=O)O)c2c(C)cc(C)c(NC(=O)C(C)(C)C)c21.Cl. The molecule has 1 aliphatic rings. The van der Waals surface area contributed by atoms with Crippen LogP contribution in [0.2, 0.25) is 0 Å². The Morgan fingerprint density at radius 3 is 2.31 bits per heavy atom. The first-order chi connectivity index (χ1) is 14.6. The molecule has 2 N–H and O–H groups in total. The zero-order chi connectivity index (χ0) is 23.2. The summed E-state index contributed by atoms with van der Waals surface area (Å²) in [5, 5.41) is 12.5. The van der Waals surface area contributed by atoms with Gasteiger partial charge in [0.2, 0.25) is 5.91 Å². The first-order valence-electron chi connectivity index (χ1n) is 12.0. The topological polar surface area (TPSA) is 69.6 Å². The average Bonchev–Trinajstić information content (AvgIpc) is 3.04. The molecule has 0 aliphatic carbocycles. The number of nitrogens with one attached hydrogen (secondary N) is 1. The number of benzene rings is 1. The monoisotopic (exact) mass is 466 g/mol. The standard InChI is InChI=1S/C26H42N2O3.ClH/c1-7-8-9-10-11-12-15-28-17-20(13-14-21(29)30)22-18(2)16-19(3)23(24(22)28)27-25(31)26(4,5)6;/h16,20H,7-15,17H2,1-6H3,(H,27,31)(H,29,30);1H. The number of fused-ring (bicyclic) bond motifs is 1. The fourth-order valence-electron chi connectivity index (χ4n) is 4.55. The van der Waals surface area contributed by atoms with Gasteiger partial charge in [-0.3, -0.25) is 9.59 Å². The number of unbranched alkanes of at least 4 members (excludes halogenated alkanes) is 5. The lowest BCUT2D eigenvalue weighted by atomic mass is 9.90. The highest BCUT2D eigenvalue weighted by Crippen LogP contribution is 2.47.